The quantitative estimate of drug-likeness (QED) is 0.691. The van der Waals surface area contributed by atoms with Gasteiger partial charge in [0.05, 0.1) is 5.60 Å². The first-order valence-electron chi connectivity index (χ1n) is 4.73. The number of rotatable bonds is 5. The maximum atomic E-state index is 6.01. The van der Waals surface area contributed by atoms with Crippen molar-refractivity contribution in [3.05, 3.63) is 0 Å². The number of methoxy groups -OCH3 is 1. The van der Waals surface area contributed by atoms with E-state index in [4.69, 9.17) is 10.5 Å². The molecule has 0 aliphatic rings. The van der Waals surface area contributed by atoms with Gasteiger partial charge in [-0.1, -0.05) is 20.3 Å². The molecular weight excluding hydrogens is 150 g/mol. The van der Waals surface area contributed by atoms with Gasteiger partial charge in [-0.15, -0.1) is 0 Å². The van der Waals surface area contributed by atoms with Crippen molar-refractivity contribution in [1.29, 1.82) is 0 Å². The molecule has 0 aromatic heterocycles. The lowest BCUT2D eigenvalue weighted by Gasteiger charge is -2.29. The topological polar surface area (TPSA) is 35.2 Å². The Kier molecular flexibility index (Phi) is 4.80. The maximum absolute atomic E-state index is 6.01. The van der Waals surface area contributed by atoms with E-state index in [1.54, 1.807) is 7.11 Å². The minimum Gasteiger partial charge on any atom is -0.379 e. The molecule has 0 saturated heterocycles. The Balaban J connectivity index is 3.90. The second kappa shape index (κ2) is 4.83. The van der Waals surface area contributed by atoms with Crippen molar-refractivity contribution in [3.63, 3.8) is 0 Å². The number of hydrogen-bond donors (Lipinski definition) is 1. The Morgan fingerprint density at radius 2 is 1.92 bits per heavy atom. The molecule has 0 spiro atoms. The second-order valence-electron chi connectivity index (χ2n) is 4.22. The van der Waals surface area contributed by atoms with E-state index in [-0.39, 0.29) is 11.6 Å². The molecule has 0 bridgehead atoms. The zero-order valence-electron chi connectivity index (χ0n) is 9.05. The lowest BCUT2D eigenvalue weighted by Crippen LogP contribution is -2.37. The summed E-state index contributed by atoms with van der Waals surface area (Å²) in [6, 6.07) is 0.255. The molecule has 0 aliphatic carbocycles. The van der Waals surface area contributed by atoms with Crippen LogP contribution in [0.5, 0.6) is 0 Å². The lowest BCUT2D eigenvalue weighted by atomic mass is 9.90. The van der Waals surface area contributed by atoms with E-state index in [0.717, 1.165) is 12.8 Å². The SMILES string of the molecule is CCC(C)C(N)CC(C)(C)OC. The van der Waals surface area contributed by atoms with Crippen LogP contribution in [0.15, 0.2) is 0 Å². The molecule has 0 aromatic carbocycles. The number of hydrogen-bond acceptors (Lipinski definition) is 2. The summed E-state index contributed by atoms with van der Waals surface area (Å²) < 4.78 is 5.32. The highest BCUT2D eigenvalue weighted by Gasteiger charge is 2.22. The molecule has 0 radical (unpaired) electrons. The van der Waals surface area contributed by atoms with E-state index >= 15 is 0 Å². The minimum atomic E-state index is -0.0805. The molecule has 0 fully saturated rings. The van der Waals surface area contributed by atoms with Gasteiger partial charge >= 0.3 is 0 Å². The largest absolute Gasteiger partial charge is 0.379 e. The zero-order valence-corrected chi connectivity index (χ0v) is 9.05. The van der Waals surface area contributed by atoms with Gasteiger partial charge in [-0.2, -0.15) is 0 Å². The third kappa shape index (κ3) is 4.07. The maximum Gasteiger partial charge on any atom is 0.0637 e. The smallest absolute Gasteiger partial charge is 0.0637 e. The Morgan fingerprint density at radius 1 is 1.42 bits per heavy atom. The van der Waals surface area contributed by atoms with E-state index in [1.807, 2.05) is 0 Å². The lowest BCUT2D eigenvalue weighted by molar-refractivity contribution is 0.00597. The highest BCUT2D eigenvalue weighted by molar-refractivity contribution is 4.78. The van der Waals surface area contributed by atoms with Crippen LogP contribution in [-0.2, 0) is 4.74 Å². The Bertz CT molecular complexity index is 123. The Hall–Kier alpha value is -0.0800. The Labute approximate surface area is 76.5 Å². The van der Waals surface area contributed by atoms with Gasteiger partial charge in [-0.3, -0.25) is 0 Å². The van der Waals surface area contributed by atoms with Crippen LogP contribution in [-0.4, -0.2) is 18.8 Å². The molecule has 2 nitrogen and oxygen atoms in total. The summed E-state index contributed by atoms with van der Waals surface area (Å²) in [6.07, 6.45) is 2.07. The summed E-state index contributed by atoms with van der Waals surface area (Å²) in [4.78, 5) is 0. The molecule has 12 heavy (non-hydrogen) atoms. The van der Waals surface area contributed by atoms with Gasteiger partial charge in [0.1, 0.15) is 0 Å². The molecule has 2 heteroatoms. The van der Waals surface area contributed by atoms with Gasteiger partial charge in [-0.25, -0.2) is 0 Å². The predicted octanol–water partition coefficient (Wildman–Crippen LogP) is 2.17. The molecule has 2 N–H and O–H groups in total. The number of nitrogens with two attached hydrogens (primary N) is 1. The van der Waals surface area contributed by atoms with Crippen molar-refractivity contribution >= 4 is 0 Å². The van der Waals surface area contributed by atoms with E-state index in [2.05, 4.69) is 27.7 Å². The summed E-state index contributed by atoms with van der Waals surface area (Å²) in [5.41, 5.74) is 5.93. The van der Waals surface area contributed by atoms with Gasteiger partial charge in [0.2, 0.25) is 0 Å². The first-order valence-corrected chi connectivity index (χ1v) is 4.73. The van der Waals surface area contributed by atoms with Crippen LogP contribution in [0.25, 0.3) is 0 Å². The summed E-state index contributed by atoms with van der Waals surface area (Å²) in [7, 11) is 1.74. The van der Waals surface area contributed by atoms with Crippen LogP contribution >= 0.6 is 0 Å². The van der Waals surface area contributed by atoms with Crippen LogP contribution in [0.4, 0.5) is 0 Å². The van der Waals surface area contributed by atoms with Crippen LogP contribution in [0.2, 0.25) is 0 Å². The summed E-state index contributed by atoms with van der Waals surface area (Å²) in [5.74, 6) is 0.583. The highest BCUT2D eigenvalue weighted by atomic mass is 16.5. The van der Waals surface area contributed by atoms with E-state index in [1.165, 1.54) is 0 Å². The molecule has 0 amide bonds. The van der Waals surface area contributed by atoms with Crippen molar-refractivity contribution in [2.24, 2.45) is 11.7 Å². The fraction of sp³-hybridized carbons (Fsp3) is 1.00. The molecular formula is C10H23NO. The van der Waals surface area contributed by atoms with Crippen molar-refractivity contribution in [1.82, 2.24) is 0 Å². The summed E-state index contributed by atoms with van der Waals surface area (Å²) in [6.45, 7) is 8.52. The first kappa shape index (κ1) is 11.9. The van der Waals surface area contributed by atoms with Gasteiger partial charge < -0.3 is 10.5 Å². The average molecular weight is 173 g/mol. The molecule has 2 unspecified atom stereocenters. The van der Waals surface area contributed by atoms with Gasteiger partial charge in [0, 0.05) is 13.2 Å². The molecule has 0 rings (SSSR count). The minimum absolute atomic E-state index is 0.0805. The van der Waals surface area contributed by atoms with E-state index in [0.29, 0.717) is 5.92 Å². The average Bonchev–Trinajstić information content (AvgIpc) is 2.02. The van der Waals surface area contributed by atoms with E-state index in [9.17, 15) is 0 Å². The standard InChI is InChI=1S/C10H23NO/c1-6-8(2)9(11)7-10(3,4)12-5/h8-9H,6-7,11H2,1-5H3. The van der Waals surface area contributed by atoms with Crippen molar-refractivity contribution in [2.75, 3.05) is 7.11 Å². The van der Waals surface area contributed by atoms with Crippen LogP contribution in [0.1, 0.15) is 40.5 Å². The van der Waals surface area contributed by atoms with Gasteiger partial charge in [-0.05, 0) is 26.2 Å². The van der Waals surface area contributed by atoms with Gasteiger partial charge in [0.15, 0.2) is 0 Å². The Morgan fingerprint density at radius 3 is 2.25 bits per heavy atom. The van der Waals surface area contributed by atoms with Crippen LogP contribution < -0.4 is 5.73 Å². The molecule has 0 aromatic rings. The number of ether oxygens (including phenoxy) is 1. The first-order chi connectivity index (χ1) is 5.43. The zero-order chi connectivity index (χ0) is 9.78. The molecule has 2 atom stereocenters. The fourth-order valence-electron chi connectivity index (χ4n) is 1.15. The van der Waals surface area contributed by atoms with Crippen LogP contribution in [0.3, 0.4) is 0 Å². The van der Waals surface area contributed by atoms with Gasteiger partial charge in [0.25, 0.3) is 0 Å². The van der Waals surface area contributed by atoms with Crippen LogP contribution in [0, 0.1) is 5.92 Å². The third-order valence-electron chi connectivity index (χ3n) is 2.65. The highest BCUT2D eigenvalue weighted by Crippen LogP contribution is 2.19. The van der Waals surface area contributed by atoms with E-state index < -0.39 is 0 Å². The molecule has 0 heterocycles. The van der Waals surface area contributed by atoms with Crippen molar-refractivity contribution in [3.8, 4) is 0 Å². The monoisotopic (exact) mass is 173 g/mol. The van der Waals surface area contributed by atoms with Crippen molar-refractivity contribution in [2.45, 2.75) is 52.2 Å². The van der Waals surface area contributed by atoms with Crippen molar-refractivity contribution < 1.29 is 4.74 Å². The molecule has 0 saturated carbocycles. The molecule has 74 valence electrons. The third-order valence-corrected chi connectivity index (χ3v) is 2.65. The fourth-order valence-corrected chi connectivity index (χ4v) is 1.15. The summed E-state index contributed by atoms with van der Waals surface area (Å²) >= 11 is 0. The second-order valence-corrected chi connectivity index (χ2v) is 4.22. The molecule has 0 aliphatic heterocycles. The predicted molar refractivity (Wildman–Crippen MR) is 53.1 cm³/mol. The normalized spacial score (nSPS) is 17.5. The summed E-state index contributed by atoms with van der Waals surface area (Å²) in [5, 5.41) is 0.